The minimum Gasteiger partial charge on any atom is -0.397 e. The van der Waals surface area contributed by atoms with Gasteiger partial charge in [-0.05, 0) is 44.0 Å². The highest BCUT2D eigenvalue weighted by atomic mass is 16.7. The Morgan fingerprint density at radius 3 is 1.95 bits per heavy atom. The van der Waals surface area contributed by atoms with Gasteiger partial charge in [-0.3, -0.25) is 0 Å². The summed E-state index contributed by atoms with van der Waals surface area (Å²) in [6.07, 6.45) is 3.17. The SMILES string of the molecule is CCC/C(=N\OC(=O)CC)c1cc(N)c2c(c1)c1cc(/C(COC3CCCO3)=N/OC(=O)CC)cc(N)c1n2CC. The lowest BCUT2D eigenvalue weighted by molar-refractivity contribution is -0.144. The summed E-state index contributed by atoms with van der Waals surface area (Å²) < 4.78 is 13.6. The number of nitrogens with two attached hydrogens (primary N) is 2. The van der Waals surface area contributed by atoms with E-state index in [9.17, 15) is 9.59 Å². The molecule has 1 fully saturated rings. The van der Waals surface area contributed by atoms with Gasteiger partial charge in [0.25, 0.3) is 0 Å². The minimum atomic E-state index is -0.458. The van der Waals surface area contributed by atoms with E-state index in [2.05, 4.69) is 14.9 Å². The number of nitrogen functional groups attached to an aromatic ring is 2. The number of aromatic nitrogens is 1. The number of hydrogen-bond acceptors (Lipinski definition) is 10. The highest BCUT2D eigenvalue weighted by molar-refractivity contribution is 6.19. The van der Waals surface area contributed by atoms with Gasteiger partial charge in [0, 0.05) is 54.3 Å². The van der Waals surface area contributed by atoms with Gasteiger partial charge in [-0.1, -0.05) is 37.5 Å². The second-order valence-corrected chi connectivity index (χ2v) is 9.88. The zero-order valence-electron chi connectivity index (χ0n) is 24.2. The second-order valence-electron chi connectivity index (χ2n) is 9.88. The van der Waals surface area contributed by atoms with E-state index in [1.807, 2.05) is 32.0 Å². The number of carbonyl (C=O) groups excluding carboxylic acids is 2. The maximum atomic E-state index is 11.9. The number of anilines is 2. The van der Waals surface area contributed by atoms with Crippen molar-refractivity contribution in [3.63, 3.8) is 0 Å². The van der Waals surface area contributed by atoms with Gasteiger partial charge < -0.3 is 35.2 Å². The topological polar surface area (TPSA) is 153 Å². The monoisotopic (exact) mass is 565 g/mol. The lowest BCUT2D eigenvalue weighted by Gasteiger charge is -2.13. The fourth-order valence-corrected chi connectivity index (χ4v) is 4.92. The summed E-state index contributed by atoms with van der Waals surface area (Å²) in [7, 11) is 0. The van der Waals surface area contributed by atoms with Crippen LogP contribution in [0.4, 0.5) is 11.4 Å². The molecule has 11 nitrogen and oxygen atoms in total. The molecule has 1 aliphatic rings. The molecule has 0 aliphatic carbocycles. The highest BCUT2D eigenvalue weighted by Gasteiger charge is 2.22. The lowest BCUT2D eigenvalue weighted by atomic mass is 10.00. The molecule has 3 aromatic rings. The van der Waals surface area contributed by atoms with Crippen LogP contribution in [0.1, 0.15) is 77.3 Å². The van der Waals surface area contributed by atoms with Crippen LogP contribution in [0.3, 0.4) is 0 Å². The molecule has 1 aliphatic heterocycles. The molecule has 1 atom stereocenters. The molecule has 11 heteroatoms. The lowest BCUT2D eigenvalue weighted by Crippen LogP contribution is -2.19. The minimum absolute atomic E-state index is 0.0719. The molecule has 1 unspecified atom stereocenters. The zero-order chi connectivity index (χ0) is 29.5. The Morgan fingerprint density at radius 1 is 0.902 bits per heavy atom. The number of oxime groups is 2. The quantitative estimate of drug-likeness (QED) is 0.131. The largest absolute Gasteiger partial charge is 0.397 e. The van der Waals surface area contributed by atoms with Crippen molar-refractivity contribution in [2.75, 3.05) is 24.7 Å². The van der Waals surface area contributed by atoms with E-state index in [1.54, 1.807) is 19.9 Å². The normalized spacial score (nSPS) is 16.0. The third-order valence-electron chi connectivity index (χ3n) is 6.96. The maximum Gasteiger partial charge on any atom is 0.334 e. The first-order valence-corrected chi connectivity index (χ1v) is 14.2. The van der Waals surface area contributed by atoms with Gasteiger partial charge in [-0.2, -0.15) is 0 Å². The molecule has 0 saturated carbocycles. The molecule has 2 heterocycles. The van der Waals surface area contributed by atoms with Gasteiger partial charge in [0.05, 0.1) is 34.7 Å². The van der Waals surface area contributed by atoms with E-state index in [0.717, 1.165) is 46.6 Å². The first-order chi connectivity index (χ1) is 19.8. The number of nitrogens with zero attached hydrogens (tertiary/aromatic N) is 3. The summed E-state index contributed by atoms with van der Waals surface area (Å²) in [4.78, 5) is 34.0. The Morgan fingerprint density at radius 2 is 1.46 bits per heavy atom. The molecule has 220 valence electrons. The Bertz CT molecular complexity index is 1490. The van der Waals surface area contributed by atoms with Crippen molar-refractivity contribution in [2.24, 2.45) is 10.3 Å². The molecule has 4 rings (SSSR count). The Labute approximate surface area is 239 Å². The first-order valence-electron chi connectivity index (χ1n) is 14.2. The first kappa shape index (κ1) is 30.0. The number of rotatable bonds is 12. The van der Waals surface area contributed by atoms with Gasteiger partial charge in [0.15, 0.2) is 6.29 Å². The van der Waals surface area contributed by atoms with Gasteiger partial charge in [-0.25, -0.2) is 9.59 Å². The van der Waals surface area contributed by atoms with Crippen LogP contribution in [-0.2, 0) is 35.3 Å². The van der Waals surface area contributed by atoms with Gasteiger partial charge in [0.2, 0.25) is 0 Å². The van der Waals surface area contributed by atoms with E-state index >= 15 is 0 Å². The molecule has 4 N–H and O–H groups in total. The average Bonchev–Trinajstić information content (AvgIpc) is 3.61. The average molecular weight is 566 g/mol. The van der Waals surface area contributed by atoms with Crippen LogP contribution in [0.5, 0.6) is 0 Å². The van der Waals surface area contributed by atoms with Crippen LogP contribution in [0, 0.1) is 0 Å². The zero-order valence-corrected chi connectivity index (χ0v) is 24.2. The van der Waals surface area contributed by atoms with Crippen molar-refractivity contribution >= 4 is 56.5 Å². The van der Waals surface area contributed by atoms with Crippen molar-refractivity contribution in [2.45, 2.75) is 79.1 Å². The highest BCUT2D eigenvalue weighted by Crippen LogP contribution is 2.38. The van der Waals surface area contributed by atoms with E-state index < -0.39 is 11.9 Å². The third kappa shape index (κ3) is 6.68. The number of benzene rings is 2. The standard InChI is InChI=1S/C30H39N5O6/c1-5-10-24(33-40-26(36)6-2)18-13-20-21-14-19(16-23(32)30(21)35(8-4)29(20)22(31)15-18)25(34-41-27(37)7-3)17-39-28-11-9-12-38-28/h13-16,28H,5-12,17,31-32H2,1-4H3/b33-24+,34-25+. The predicted molar refractivity (Wildman–Crippen MR) is 160 cm³/mol. The summed E-state index contributed by atoms with van der Waals surface area (Å²) in [5.41, 5.74) is 18.5. The van der Waals surface area contributed by atoms with Crippen LogP contribution in [0.25, 0.3) is 21.8 Å². The molecular weight excluding hydrogens is 526 g/mol. The molecule has 41 heavy (non-hydrogen) atoms. The fourth-order valence-electron chi connectivity index (χ4n) is 4.92. The van der Waals surface area contributed by atoms with Crippen LogP contribution in [0.2, 0.25) is 0 Å². The van der Waals surface area contributed by atoms with E-state index in [4.69, 9.17) is 30.6 Å². The molecule has 1 saturated heterocycles. The van der Waals surface area contributed by atoms with Crippen LogP contribution >= 0.6 is 0 Å². The second kappa shape index (κ2) is 13.6. The molecule has 0 amide bonds. The molecule has 0 radical (unpaired) electrons. The summed E-state index contributed by atoms with van der Waals surface area (Å²) in [6, 6.07) is 7.60. The molecule has 2 aromatic carbocycles. The van der Waals surface area contributed by atoms with Crippen molar-refractivity contribution in [3.05, 3.63) is 35.4 Å². The van der Waals surface area contributed by atoms with Crippen molar-refractivity contribution in [1.29, 1.82) is 0 Å². The number of aryl methyl sites for hydroxylation is 1. The number of ether oxygens (including phenoxy) is 2. The predicted octanol–water partition coefficient (Wildman–Crippen LogP) is 5.25. The molecular formula is C30H39N5O6. The van der Waals surface area contributed by atoms with Gasteiger partial charge in [-0.15, -0.1) is 0 Å². The summed E-state index contributed by atoms with van der Waals surface area (Å²) in [6.45, 7) is 8.82. The van der Waals surface area contributed by atoms with E-state index in [1.165, 1.54) is 0 Å². The van der Waals surface area contributed by atoms with E-state index in [-0.39, 0.29) is 25.7 Å². The van der Waals surface area contributed by atoms with Crippen LogP contribution in [0.15, 0.2) is 34.6 Å². The van der Waals surface area contributed by atoms with Crippen molar-refractivity contribution in [3.8, 4) is 0 Å². The maximum absolute atomic E-state index is 11.9. The van der Waals surface area contributed by atoms with Gasteiger partial charge in [0.1, 0.15) is 5.71 Å². The van der Waals surface area contributed by atoms with E-state index in [0.29, 0.717) is 47.9 Å². The third-order valence-corrected chi connectivity index (χ3v) is 6.96. The number of fused-ring (bicyclic) bond motifs is 3. The van der Waals surface area contributed by atoms with Crippen molar-refractivity contribution in [1.82, 2.24) is 4.57 Å². The molecule has 1 aromatic heterocycles. The van der Waals surface area contributed by atoms with Crippen LogP contribution in [-0.4, -0.2) is 47.4 Å². The number of carbonyl (C=O) groups is 2. The Balaban J connectivity index is 1.88. The summed E-state index contributed by atoms with van der Waals surface area (Å²) in [5.74, 6) is -0.867. The smallest absolute Gasteiger partial charge is 0.334 e. The summed E-state index contributed by atoms with van der Waals surface area (Å²) in [5, 5.41) is 10.0. The summed E-state index contributed by atoms with van der Waals surface area (Å²) >= 11 is 0. The van der Waals surface area contributed by atoms with Crippen molar-refractivity contribution < 1.29 is 28.7 Å². The molecule has 0 spiro atoms. The Kier molecular flexibility index (Phi) is 9.95. The number of hydrogen-bond donors (Lipinski definition) is 2. The fraction of sp³-hybridized carbons (Fsp3) is 0.467. The van der Waals surface area contributed by atoms with Gasteiger partial charge >= 0.3 is 11.9 Å². The van der Waals surface area contributed by atoms with Crippen LogP contribution < -0.4 is 11.5 Å². The molecule has 0 bridgehead atoms. The Hall–Kier alpha value is -3.96.